The number of carbonyl (C=O) groups excluding carboxylic acids is 2. The molecule has 3 aromatic carbocycles. The van der Waals surface area contributed by atoms with Crippen molar-refractivity contribution in [3.05, 3.63) is 77.6 Å². The third-order valence-corrected chi connectivity index (χ3v) is 4.82. The van der Waals surface area contributed by atoms with Crippen LogP contribution in [0.15, 0.2) is 65.3 Å². The van der Waals surface area contributed by atoms with Crippen LogP contribution in [-0.4, -0.2) is 19.0 Å². The van der Waals surface area contributed by atoms with Crippen molar-refractivity contribution in [3.63, 3.8) is 0 Å². The van der Waals surface area contributed by atoms with Gasteiger partial charge in [-0.15, -0.1) is 0 Å². The Morgan fingerprint density at radius 3 is 2.71 bits per heavy atom. The zero-order valence-electron chi connectivity index (χ0n) is 15.6. The zero-order valence-corrected chi connectivity index (χ0v) is 15.6. The number of amides is 1. The summed E-state index contributed by atoms with van der Waals surface area (Å²) in [5, 5.41) is 6.00. The van der Waals surface area contributed by atoms with Crippen LogP contribution in [0.2, 0.25) is 0 Å². The molecular weight excluding hydrogens is 354 g/mol. The monoisotopic (exact) mass is 373 g/mol. The predicted molar refractivity (Wildman–Crippen MR) is 109 cm³/mol. The second-order valence-electron chi connectivity index (χ2n) is 6.67. The first-order chi connectivity index (χ1) is 13.6. The maximum Gasteiger partial charge on any atom is 0.337 e. The molecule has 0 bridgehead atoms. The summed E-state index contributed by atoms with van der Waals surface area (Å²) in [6, 6.07) is 17.0. The van der Waals surface area contributed by atoms with E-state index in [0.717, 1.165) is 32.9 Å². The van der Waals surface area contributed by atoms with Crippen molar-refractivity contribution < 1.29 is 18.7 Å². The fourth-order valence-corrected chi connectivity index (χ4v) is 3.37. The van der Waals surface area contributed by atoms with Crippen molar-refractivity contribution in [3.8, 4) is 0 Å². The van der Waals surface area contributed by atoms with Gasteiger partial charge in [-0.1, -0.05) is 36.4 Å². The summed E-state index contributed by atoms with van der Waals surface area (Å²) < 4.78 is 10.4. The van der Waals surface area contributed by atoms with Gasteiger partial charge in [0.1, 0.15) is 5.58 Å². The number of furan rings is 1. The van der Waals surface area contributed by atoms with E-state index < -0.39 is 5.97 Å². The summed E-state index contributed by atoms with van der Waals surface area (Å²) in [5.74, 6) is -0.622. The molecule has 5 heteroatoms. The number of hydrogen-bond acceptors (Lipinski definition) is 4. The standard InChI is InChI=1S/C23H19NO4/c1-14-7-8-16(23(26)27-2)11-19(14)24-21(25)12-17-13-28-20-10-9-15-5-3-4-6-18(15)22(17)20/h3-11,13H,12H2,1-2H3,(H,24,25). The first-order valence-electron chi connectivity index (χ1n) is 8.93. The van der Waals surface area contributed by atoms with Crippen LogP contribution in [0.4, 0.5) is 5.69 Å². The normalized spacial score (nSPS) is 10.9. The van der Waals surface area contributed by atoms with Gasteiger partial charge in [0.25, 0.3) is 0 Å². The second kappa shape index (κ2) is 7.19. The predicted octanol–water partition coefficient (Wildman–Crippen LogP) is 4.86. The molecule has 1 N–H and O–H groups in total. The highest BCUT2D eigenvalue weighted by molar-refractivity contribution is 6.09. The van der Waals surface area contributed by atoms with Gasteiger partial charge in [-0.05, 0) is 41.5 Å². The number of fused-ring (bicyclic) bond motifs is 3. The van der Waals surface area contributed by atoms with E-state index in [2.05, 4.69) is 5.32 Å². The van der Waals surface area contributed by atoms with Gasteiger partial charge in [0.05, 0.1) is 25.4 Å². The van der Waals surface area contributed by atoms with E-state index in [9.17, 15) is 9.59 Å². The van der Waals surface area contributed by atoms with Crippen LogP contribution in [0.1, 0.15) is 21.5 Å². The number of methoxy groups -OCH3 is 1. The maximum atomic E-state index is 12.7. The largest absolute Gasteiger partial charge is 0.465 e. The average Bonchev–Trinajstić information content (AvgIpc) is 3.12. The fourth-order valence-electron chi connectivity index (χ4n) is 3.37. The van der Waals surface area contributed by atoms with Gasteiger partial charge < -0.3 is 14.5 Å². The molecule has 0 saturated carbocycles. The molecule has 0 aliphatic rings. The SMILES string of the molecule is COC(=O)c1ccc(C)c(NC(=O)Cc2coc3ccc4ccccc4c23)c1. The maximum absolute atomic E-state index is 12.7. The van der Waals surface area contributed by atoms with Gasteiger partial charge in [-0.25, -0.2) is 4.79 Å². The molecule has 1 amide bonds. The van der Waals surface area contributed by atoms with Crippen LogP contribution < -0.4 is 5.32 Å². The Morgan fingerprint density at radius 1 is 1.07 bits per heavy atom. The summed E-state index contributed by atoms with van der Waals surface area (Å²) in [7, 11) is 1.33. The Balaban J connectivity index is 1.63. The molecular formula is C23H19NO4. The summed E-state index contributed by atoms with van der Waals surface area (Å²) >= 11 is 0. The van der Waals surface area contributed by atoms with Gasteiger partial charge >= 0.3 is 5.97 Å². The molecule has 0 radical (unpaired) electrons. The number of aryl methyl sites for hydroxylation is 1. The van der Waals surface area contributed by atoms with Crippen LogP contribution in [0.25, 0.3) is 21.7 Å². The van der Waals surface area contributed by atoms with Crippen LogP contribution in [0.5, 0.6) is 0 Å². The van der Waals surface area contributed by atoms with Crippen LogP contribution >= 0.6 is 0 Å². The molecule has 28 heavy (non-hydrogen) atoms. The van der Waals surface area contributed by atoms with Crippen molar-refractivity contribution in [2.75, 3.05) is 12.4 Å². The van der Waals surface area contributed by atoms with Crippen LogP contribution in [0, 0.1) is 6.92 Å². The number of hydrogen-bond donors (Lipinski definition) is 1. The Bertz CT molecular complexity index is 1210. The van der Waals surface area contributed by atoms with Crippen LogP contribution in [-0.2, 0) is 16.0 Å². The molecule has 4 rings (SSSR count). The summed E-state index contributed by atoms with van der Waals surface area (Å²) in [6.45, 7) is 1.87. The fraction of sp³-hybridized carbons (Fsp3) is 0.130. The molecule has 0 saturated heterocycles. The van der Waals surface area contributed by atoms with Gasteiger partial charge in [0, 0.05) is 16.6 Å². The summed E-state index contributed by atoms with van der Waals surface area (Å²) in [5.41, 5.74) is 3.42. The molecule has 0 spiro atoms. The van der Waals surface area contributed by atoms with Gasteiger partial charge in [-0.3, -0.25) is 4.79 Å². The molecule has 1 aromatic heterocycles. The van der Waals surface area contributed by atoms with E-state index in [1.165, 1.54) is 7.11 Å². The number of esters is 1. The molecule has 140 valence electrons. The van der Waals surface area contributed by atoms with Crippen molar-refractivity contribution in [2.24, 2.45) is 0 Å². The van der Waals surface area contributed by atoms with Gasteiger partial charge in [0.15, 0.2) is 0 Å². The highest BCUT2D eigenvalue weighted by Gasteiger charge is 2.15. The number of carbonyl (C=O) groups is 2. The summed E-state index contributed by atoms with van der Waals surface area (Å²) in [4.78, 5) is 24.4. The quantitative estimate of drug-likeness (QED) is 0.519. The van der Waals surface area contributed by atoms with Crippen molar-refractivity contribution in [2.45, 2.75) is 13.3 Å². The van der Waals surface area contributed by atoms with Gasteiger partial charge in [-0.2, -0.15) is 0 Å². The third kappa shape index (κ3) is 3.22. The second-order valence-corrected chi connectivity index (χ2v) is 6.67. The van der Waals surface area contributed by atoms with Crippen molar-refractivity contribution in [1.82, 2.24) is 0 Å². The topological polar surface area (TPSA) is 68.5 Å². The van der Waals surface area contributed by atoms with E-state index in [1.54, 1.807) is 24.5 Å². The molecule has 5 nitrogen and oxygen atoms in total. The Hall–Kier alpha value is -3.60. The Kier molecular flexibility index (Phi) is 4.57. The van der Waals surface area contributed by atoms with Gasteiger partial charge in [0.2, 0.25) is 5.91 Å². The Labute approximate surface area is 161 Å². The minimum absolute atomic E-state index is 0.170. The number of nitrogens with one attached hydrogen (secondary N) is 1. The molecule has 0 atom stereocenters. The summed E-state index contributed by atoms with van der Waals surface area (Å²) in [6.07, 6.45) is 1.80. The molecule has 4 aromatic rings. The lowest BCUT2D eigenvalue weighted by molar-refractivity contribution is -0.115. The molecule has 0 unspecified atom stereocenters. The molecule has 1 heterocycles. The first kappa shape index (κ1) is 17.8. The van der Waals surface area contributed by atoms with Crippen molar-refractivity contribution >= 4 is 39.3 Å². The van der Waals surface area contributed by atoms with E-state index in [1.807, 2.05) is 43.3 Å². The highest BCUT2D eigenvalue weighted by atomic mass is 16.5. The van der Waals surface area contributed by atoms with E-state index in [0.29, 0.717) is 11.3 Å². The number of benzene rings is 3. The molecule has 0 fully saturated rings. The van der Waals surface area contributed by atoms with E-state index in [4.69, 9.17) is 9.15 Å². The molecule has 0 aliphatic heterocycles. The van der Waals surface area contributed by atoms with Crippen LogP contribution in [0.3, 0.4) is 0 Å². The minimum atomic E-state index is -0.442. The average molecular weight is 373 g/mol. The molecule has 0 aliphatic carbocycles. The van der Waals surface area contributed by atoms with Crippen molar-refractivity contribution in [1.29, 1.82) is 0 Å². The lowest BCUT2D eigenvalue weighted by atomic mass is 10.0. The third-order valence-electron chi connectivity index (χ3n) is 4.82. The number of rotatable bonds is 4. The minimum Gasteiger partial charge on any atom is -0.465 e. The number of anilines is 1. The number of ether oxygens (including phenoxy) is 1. The lowest BCUT2D eigenvalue weighted by Crippen LogP contribution is -2.15. The zero-order chi connectivity index (χ0) is 19.7. The van der Waals surface area contributed by atoms with E-state index in [-0.39, 0.29) is 12.3 Å². The Morgan fingerprint density at radius 2 is 1.89 bits per heavy atom. The van der Waals surface area contributed by atoms with E-state index >= 15 is 0 Å². The smallest absolute Gasteiger partial charge is 0.337 e. The first-order valence-corrected chi connectivity index (χ1v) is 8.93. The highest BCUT2D eigenvalue weighted by Crippen LogP contribution is 2.30. The lowest BCUT2D eigenvalue weighted by Gasteiger charge is -2.10.